The minimum atomic E-state index is 0.182. The molecule has 0 radical (unpaired) electrons. The number of nitrogens with zero attached hydrogens (tertiary/aromatic N) is 2. The minimum Gasteiger partial charge on any atom is -0.327 e. The van der Waals surface area contributed by atoms with Gasteiger partial charge < -0.3 is 5.73 Å². The van der Waals surface area contributed by atoms with Crippen LogP contribution in [0.2, 0.25) is 0 Å². The summed E-state index contributed by atoms with van der Waals surface area (Å²) >= 11 is 3.55. The van der Waals surface area contributed by atoms with E-state index in [0.29, 0.717) is 0 Å². The minimum absolute atomic E-state index is 0.182. The van der Waals surface area contributed by atoms with Crippen LogP contribution in [0.15, 0.2) is 22.7 Å². The van der Waals surface area contributed by atoms with Gasteiger partial charge in [0, 0.05) is 16.2 Å². The van der Waals surface area contributed by atoms with Crippen molar-refractivity contribution in [1.29, 1.82) is 0 Å². The van der Waals surface area contributed by atoms with Gasteiger partial charge in [-0.3, -0.25) is 0 Å². The van der Waals surface area contributed by atoms with Crippen LogP contribution in [0.1, 0.15) is 35.9 Å². The number of hydrogen-bond donors (Lipinski definition) is 1. The molecule has 1 aromatic heterocycles. The van der Waals surface area contributed by atoms with Gasteiger partial charge in [0.1, 0.15) is 0 Å². The van der Waals surface area contributed by atoms with Gasteiger partial charge in [0.15, 0.2) is 0 Å². The highest BCUT2D eigenvalue weighted by atomic mass is 79.9. The topological polar surface area (TPSA) is 43.8 Å². The highest BCUT2D eigenvalue weighted by molar-refractivity contribution is 9.10. The molecule has 0 aliphatic rings. The van der Waals surface area contributed by atoms with Gasteiger partial charge in [-0.05, 0) is 62.9 Å². The third-order valence-corrected chi connectivity index (χ3v) is 4.42. The summed E-state index contributed by atoms with van der Waals surface area (Å²) in [5, 5.41) is 4.66. The molecule has 0 saturated carbocycles. The zero-order valence-corrected chi connectivity index (χ0v) is 14.2. The first-order valence-electron chi connectivity index (χ1n) is 7.01. The van der Waals surface area contributed by atoms with Gasteiger partial charge in [0.05, 0.1) is 11.4 Å². The first-order chi connectivity index (χ1) is 9.43. The van der Waals surface area contributed by atoms with Crippen LogP contribution in [0, 0.1) is 20.8 Å². The summed E-state index contributed by atoms with van der Waals surface area (Å²) in [5.74, 6) is 0. The fraction of sp³-hybridized carbons (Fsp3) is 0.438. The van der Waals surface area contributed by atoms with Crippen LogP contribution in [-0.2, 0) is 6.42 Å². The molecule has 0 aliphatic carbocycles. The van der Waals surface area contributed by atoms with Gasteiger partial charge in [-0.1, -0.05) is 22.9 Å². The first kappa shape index (κ1) is 15.3. The molecule has 0 aliphatic heterocycles. The van der Waals surface area contributed by atoms with Crippen molar-refractivity contribution in [3.63, 3.8) is 0 Å². The van der Waals surface area contributed by atoms with Crippen LogP contribution >= 0.6 is 15.9 Å². The summed E-state index contributed by atoms with van der Waals surface area (Å²) in [6.45, 7) is 8.40. The predicted molar refractivity (Wildman–Crippen MR) is 87.4 cm³/mol. The van der Waals surface area contributed by atoms with E-state index in [1.165, 1.54) is 16.8 Å². The zero-order valence-electron chi connectivity index (χ0n) is 12.6. The maximum atomic E-state index is 6.13. The van der Waals surface area contributed by atoms with Crippen molar-refractivity contribution >= 4 is 15.9 Å². The summed E-state index contributed by atoms with van der Waals surface area (Å²) in [7, 11) is 0. The summed E-state index contributed by atoms with van der Waals surface area (Å²) in [6, 6.07) is 6.50. The molecule has 3 nitrogen and oxygen atoms in total. The lowest BCUT2D eigenvalue weighted by Gasteiger charge is -2.15. The predicted octanol–water partition coefficient (Wildman–Crippen LogP) is 3.84. The summed E-state index contributed by atoms with van der Waals surface area (Å²) in [6.07, 6.45) is 1.84. The SMILES string of the molecule is CCC(N)Cc1cc(Br)ccc1-n1nc(C)c(C)c1C. The van der Waals surface area contributed by atoms with Crippen LogP contribution < -0.4 is 5.73 Å². The molecule has 1 atom stereocenters. The second kappa shape index (κ2) is 6.10. The van der Waals surface area contributed by atoms with E-state index in [0.717, 1.165) is 28.7 Å². The Kier molecular flexibility index (Phi) is 4.66. The molecule has 2 rings (SSSR count). The maximum absolute atomic E-state index is 6.13. The summed E-state index contributed by atoms with van der Waals surface area (Å²) < 4.78 is 3.12. The zero-order chi connectivity index (χ0) is 14.9. The summed E-state index contributed by atoms with van der Waals surface area (Å²) in [4.78, 5) is 0. The summed E-state index contributed by atoms with van der Waals surface area (Å²) in [5.41, 5.74) is 12.0. The molecule has 0 saturated heterocycles. The molecule has 1 aromatic carbocycles. The van der Waals surface area contributed by atoms with Crippen LogP contribution in [0.3, 0.4) is 0 Å². The molecular formula is C16H22BrN3. The lowest BCUT2D eigenvalue weighted by Crippen LogP contribution is -2.22. The normalized spacial score (nSPS) is 12.7. The van der Waals surface area contributed by atoms with E-state index in [1.54, 1.807) is 0 Å². The van der Waals surface area contributed by atoms with Gasteiger partial charge >= 0.3 is 0 Å². The Morgan fingerprint density at radius 3 is 2.55 bits per heavy atom. The van der Waals surface area contributed by atoms with E-state index in [9.17, 15) is 0 Å². The van der Waals surface area contributed by atoms with Gasteiger partial charge in [-0.15, -0.1) is 0 Å². The molecule has 0 spiro atoms. The van der Waals surface area contributed by atoms with E-state index >= 15 is 0 Å². The Labute approximate surface area is 129 Å². The van der Waals surface area contributed by atoms with Crippen molar-refractivity contribution in [3.05, 3.63) is 45.2 Å². The molecule has 1 unspecified atom stereocenters. The van der Waals surface area contributed by atoms with E-state index in [2.05, 4.69) is 66.9 Å². The second-order valence-electron chi connectivity index (χ2n) is 5.35. The van der Waals surface area contributed by atoms with Crippen LogP contribution in [-0.4, -0.2) is 15.8 Å². The average Bonchev–Trinajstić information content (AvgIpc) is 2.66. The molecule has 1 heterocycles. The van der Waals surface area contributed by atoms with Gasteiger partial charge in [-0.25, -0.2) is 4.68 Å². The lowest BCUT2D eigenvalue weighted by molar-refractivity contribution is 0.641. The van der Waals surface area contributed by atoms with Crippen molar-refractivity contribution in [2.75, 3.05) is 0 Å². The first-order valence-corrected chi connectivity index (χ1v) is 7.80. The lowest BCUT2D eigenvalue weighted by atomic mass is 10.0. The van der Waals surface area contributed by atoms with Crippen LogP contribution in [0.5, 0.6) is 0 Å². The van der Waals surface area contributed by atoms with Crippen LogP contribution in [0.25, 0.3) is 5.69 Å². The van der Waals surface area contributed by atoms with E-state index in [1.807, 2.05) is 4.68 Å². The van der Waals surface area contributed by atoms with Crippen molar-refractivity contribution in [2.45, 2.75) is 46.6 Å². The Balaban J connectivity index is 2.52. The van der Waals surface area contributed by atoms with Crippen molar-refractivity contribution in [3.8, 4) is 5.69 Å². The van der Waals surface area contributed by atoms with Crippen molar-refractivity contribution in [2.24, 2.45) is 5.73 Å². The third kappa shape index (κ3) is 2.96. The van der Waals surface area contributed by atoms with Gasteiger partial charge in [0.2, 0.25) is 0 Å². The fourth-order valence-electron chi connectivity index (χ4n) is 2.31. The number of halogens is 1. The van der Waals surface area contributed by atoms with Crippen molar-refractivity contribution < 1.29 is 0 Å². The monoisotopic (exact) mass is 335 g/mol. The van der Waals surface area contributed by atoms with Crippen LogP contribution in [0.4, 0.5) is 0 Å². The van der Waals surface area contributed by atoms with E-state index < -0.39 is 0 Å². The highest BCUT2D eigenvalue weighted by Crippen LogP contribution is 2.24. The third-order valence-electron chi connectivity index (χ3n) is 3.93. The number of nitrogens with two attached hydrogens (primary N) is 1. The Hall–Kier alpha value is -1.13. The van der Waals surface area contributed by atoms with E-state index in [4.69, 9.17) is 5.73 Å². The highest BCUT2D eigenvalue weighted by Gasteiger charge is 2.14. The molecule has 108 valence electrons. The molecule has 0 fully saturated rings. The maximum Gasteiger partial charge on any atom is 0.0682 e. The molecule has 2 N–H and O–H groups in total. The quantitative estimate of drug-likeness (QED) is 0.922. The molecule has 2 aromatic rings. The number of benzene rings is 1. The molecular weight excluding hydrogens is 314 g/mol. The molecule has 20 heavy (non-hydrogen) atoms. The number of rotatable bonds is 4. The Bertz CT molecular complexity index is 616. The largest absolute Gasteiger partial charge is 0.327 e. The number of aryl methyl sites for hydroxylation is 1. The molecule has 0 amide bonds. The fourth-order valence-corrected chi connectivity index (χ4v) is 2.71. The van der Waals surface area contributed by atoms with Gasteiger partial charge in [0.25, 0.3) is 0 Å². The Morgan fingerprint density at radius 1 is 1.30 bits per heavy atom. The Morgan fingerprint density at radius 2 is 2.00 bits per heavy atom. The molecule has 0 bridgehead atoms. The van der Waals surface area contributed by atoms with Gasteiger partial charge in [-0.2, -0.15) is 5.10 Å². The number of hydrogen-bond acceptors (Lipinski definition) is 2. The van der Waals surface area contributed by atoms with E-state index in [-0.39, 0.29) is 6.04 Å². The average molecular weight is 336 g/mol. The molecule has 4 heteroatoms. The second-order valence-corrected chi connectivity index (χ2v) is 6.27. The number of aromatic nitrogens is 2. The smallest absolute Gasteiger partial charge is 0.0682 e. The van der Waals surface area contributed by atoms with Crippen molar-refractivity contribution in [1.82, 2.24) is 9.78 Å². The standard InChI is InChI=1S/C16H22BrN3/c1-5-15(18)9-13-8-14(17)6-7-16(13)20-12(4)10(2)11(3)19-20/h6-8,15H,5,9,18H2,1-4H3.